The number of nitrogens with one attached hydrogen (secondary N) is 1. The van der Waals surface area contributed by atoms with E-state index in [-0.39, 0.29) is 24.3 Å². The van der Waals surface area contributed by atoms with E-state index in [9.17, 15) is 9.90 Å². The van der Waals surface area contributed by atoms with Gasteiger partial charge in [0.25, 0.3) is 0 Å². The minimum absolute atomic E-state index is 0.0336. The zero-order valence-electron chi connectivity index (χ0n) is 10.8. The molecule has 0 aromatic rings. The summed E-state index contributed by atoms with van der Waals surface area (Å²) in [6, 6.07) is -0.0336. The van der Waals surface area contributed by atoms with Crippen molar-refractivity contribution in [3.8, 4) is 0 Å². The third-order valence-electron chi connectivity index (χ3n) is 3.36. The molecule has 2 aliphatic rings. The molecule has 1 amide bonds. The molecule has 17 heavy (non-hydrogen) atoms. The molecule has 2 fully saturated rings. The van der Waals surface area contributed by atoms with Gasteiger partial charge < -0.3 is 15.2 Å². The highest BCUT2D eigenvalue weighted by molar-refractivity contribution is 5.70. The monoisotopic (exact) mass is 242 g/mol. The molecule has 0 bridgehead atoms. The van der Waals surface area contributed by atoms with Crippen LogP contribution in [0.25, 0.3) is 0 Å². The Morgan fingerprint density at radius 3 is 2.65 bits per heavy atom. The molecule has 2 N–H and O–H groups in total. The van der Waals surface area contributed by atoms with Crippen LogP contribution in [0, 0.1) is 0 Å². The average molecular weight is 242 g/mol. The lowest BCUT2D eigenvalue weighted by molar-refractivity contribution is 0.000177. The predicted octanol–water partition coefficient (Wildman–Crippen LogP) is 0.720. The highest BCUT2D eigenvalue weighted by atomic mass is 16.6. The summed E-state index contributed by atoms with van der Waals surface area (Å²) in [4.78, 5) is 13.9. The molecule has 1 aliphatic heterocycles. The Kier molecular flexibility index (Phi) is 3.08. The van der Waals surface area contributed by atoms with Crippen LogP contribution in [-0.2, 0) is 4.74 Å². The lowest BCUT2D eigenvalue weighted by Gasteiger charge is -2.40. The van der Waals surface area contributed by atoms with Crippen molar-refractivity contribution in [3.05, 3.63) is 0 Å². The highest BCUT2D eigenvalue weighted by Gasteiger charge is 2.53. The second-order valence-corrected chi connectivity index (χ2v) is 6.08. The van der Waals surface area contributed by atoms with Gasteiger partial charge in [0.15, 0.2) is 0 Å². The van der Waals surface area contributed by atoms with Gasteiger partial charge in [-0.2, -0.15) is 0 Å². The van der Waals surface area contributed by atoms with Crippen molar-refractivity contribution in [2.24, 2.45) is 0 Å². The maximum Gasteiger partial charge on any atom is 0.410 e. The first kappa shape index (κ1) is 12.6. The fourth-order valence-electron chi connectivity index (χ4n) is 2.21. The Labute approximate surface area is 102 Å². The molecule has 0 aromatic heterocycles. The molecule has 1 atom stereocenters. The van der Waals surface area contributed by atoms with Crippen LogP contribution in [0.2, 0.25) is 0 Å². The van der Waals surface area contributed by atoms with Crippen LogP contribution in [0.4, 0.5) is 4.79 Å². The molecule has 1 aliphatic carbocycles. The Balaban J connectivity index is 2.03. The number of aliphatic hydroxyl groups is 1. The fraction of sp³-hybridized carbons (Fsp3) is 0.917. The largest absolute Gasteiger partial charge is 0.444 e. The van der Waals surface area contributed by atoms with Gasteiger partial charge in [-0.25, -0.2) is 4.79 Å². The molecular formula is C12H22N2O3. The molecule has 0 radical (unpaired) electrons. The van der Waals surface area contributed by atoms with E-state index in [4.69, 9.17) is 4.74 Å². The van der Waals surface area contributed by atoms with Gasteiger partial charge >= 0.3 is 6.09 Å². The summed E-state index contributed by atoms with van der Waals surface area (Å²) in [5.74, 6) is 0. The van der Waals surface area contributed by atoms with Gasteiger partial charge in [-0.1, -0.05) is 0 Å². The maximum atomic E-state index is 12.1. The maximum absolute atomic E-state index is 12.1. The quantitative estimate of drug-likeness (QED) is 0.711. The van der Waals surface area contributed by atoms with Crippen LogP contribution in [0.3, 0.4) is 0 Å². The first-order valence-electron chi connectivity index (χ1n) is 6.21. The lowest BCUT2D eigenvalue weighted by Crippen LogP contribution is -2.61. The van der Waals surface area contributed by atoms with Gasteiger partial charge in [-0.05, 0) is 33.6 Å². The van der Waals surface area contributed by atoms with Crippen molar-refractivity contribution in [1.29, 1.82) is 0 Å². The summed E-state index contributed by atoms with van der Waals surface area (Å²) >= 11 is 0. The van der Waals surface area contributed by atoms with E-state index in [0.29, 0.717) is 6.54 Å². The van der Waals surface area contributed by atoms with E-state index in [2.05, 4.69) is 5.32 Å². The fourth-order valence-corrected chi connectivity index (χ4v) is 2.21. The minimum Gasteiger partial charge on any atom is -0.444 e. The van der Waals surface area contributed by atoms with Crippen LogP contribution in [0.1, 0.15) is 33.6 Å². The number of carbonyl (C=O) groups is 1. The van der Waals surface area contributed by atoms with Crippen molar-refractivity contribution in [1.82, 2.24) is 10.2 Å². The van der Waals surface area contributed by atoms with Gasteiger partial charge in [-0.15, -0.1) is 0 Å². The van der Waals surface area contributed by atoms with Gasteiger partial charge in [0.05, 0.1) is 12.1 Å². The molecule has 0 aromatic carbocycles. The van der Waals surface area contributed by atoms with Crippen LogP contribution < -0.4 is 5.32 Å². The van der Waals surface area contributed by atoms with Crippen LogP contribution in [0.15, 0.2) is 0 Å². The number of carbonyl (C=O) groups excluding carboxylic acids is 1. The topological polar surface area (TPSA) is 61.8 Å². The SMILES string of the molecule is CC(C)(C)OC(=O)N1CC(CO)NCC12CC2. The third-order valence-corrected chi connectivity index (χ3v) is 3.36. The van der Waals surface area contributed by atoms with E-state index in [1.165, 1.54) is 0 Å². The Morgan fingerprint density at radius 2 is 2.18 bits per heavy atom. The highest BCUT2D eigenvalue weighted by Crippen LogP contribution is 2.43. The Hall–Kier alpha value is -0.810. The Morgan fingerprint density at radius 1 is 1.53 bits per heavy atom. The summed E-state index contributed by atoms with van der Waals surface area (Å²) < 4.78 is 5.42. The molecule has 5 nitrogen and oxygen atoms in total. The number of rotatable bonds is 1. The molecule has 2 rings (SSSR count). The van der Waals surface area contributed by atoms with Crippen molar-refractivity contribution in [2.45, 2.75) is 50.8 Å². The normalized spacial score (nSPS) is 27.1. The number of nitrogens with zero attached hydrogens (tertiary/aromatic N) is 1. The first-order chi connectivity index (χ1) is 7.86. The van der Waals surface area contributed by atoms with Gasteiger partial charge in [0.1, 0.15) is 5.60 Å². The molecule has 1 saturated heterocycles. The summed E-state index contributed by atoms with van der Waals surface area (Å²) in [5, 5.41) is 12.4. The predicted molar refractivity (Wildman–Crippen MR) is 63.8 cm³/mol. The molecule has 1 saturated carbocycles. The molecule has 1 heterocycles. The van der Waals surface area contributed by atoms with Gasteiger partial charge in [-0.3, -0.25) is 4.90 Å². The van der Waals surface area contributed by atoms with Gasteiger partial charge in [0, 0.05) is 19.1 Å². The standard InChI is InChI=1S/C12H22N2O3/c1-11(2,3)17-10(16)14-6-9(7-15)13-8-12(14)4-5-12/h9,13,15H,4-8H2,1-3H3. The summed E-state index contributed by atoms with van der Waals surface area (Å²) in [6.07, 6.45) is 1.80. The van der Waals surface area contributed by atoms with Crippen LogP contribution in [0.5, 0.6) is 0 Å². The summed E-state index contributed by atoms with van der Waals surface area (Å²) in [6.45, 7) is 6.96. The smallest absolute Gasteiger partial charge is 0.410 e. The van der Waals surface area contributed by atoms with E-state index in [1.54, 1.807) is 4.90 Å². The third kappa shape index (κ3) is 2.72. The second-order valence-electron chi connectivity index (χ2n) is 6.08. The van der Waals surface area contributed by atoms with Gasteiger partial charge in [0.2, 0.25) is 0 Å². The van der Waals surface area contributed by atoms with E-state index in [0.717, 1.165) is 19.4 Å². The number of hydrogen-bond donors (Lipinski definition) is 2. The Bertz CT molecular complexity index is 307. The van der Waals surface area contributed by atoms with Crippen LogP contribution in [-0.4, -0.2) is 53.0 Å². The zero-order chi connectivity index (χ0) is 12.7. The number of amides is 1. The number of ether oxygens (including phenoxy) is 1. The van der Waals surface area contributed by atoms with E-state index >= 15 is 0 Å². The van der Waals surface area contributed by atoms with E-state index in [1.807, 2.05) is 20.8 Å². The average Bonchev–Trinajstić information content (AvgIpc) is 2.97. The first-order valence-corrected chi connectivity index (χ1v) is 6.21. The zero-order valence-corrected chi connectivity index (χ0v) is 10.8. The van der Waals surface area contributed by atoms with Crippen LogP contribution >= 0.6 is 0 Å². The van der Waals surface area contributed by atoms with Crippen molar-refractivity contribution < 1.29 is 14.6 Å². The minimum atomic E-state index is -0.466. The van der Waals surface area contributed by atoms with Crippen molar-refractivity contribution in [2.75, 3.05) is 19.7 Å². The lowest BCUT2D eigenvalue weighted by atomic mass is 10.1. The molecule has 1 spiro atoms. The molecule has 5 heteroatoms. The van der Waals surface area contributed by atoms with Crippen molar-refractivity contribution in [3.63, 3.8) is 0 Å². The number of piperazine rings is 1. The number of hydrogen-bond acceptors (Lipinski definition) is 4. The number of aliphatic hydroxyl groups excluding tert-OH is 1. The molecular weight excluding hydrogens is 220 g/mol. The summed E-state index contributed by atoms with van der Waals surface area (Å²) in [7, 11) is 0. The van der Waals surface area contributed by atoms with Crippen molar-refractivity contribution >= 4 is 6.09 Å². The van der Waals surface area contributed by atoms with E-state index < -0.39 is 5.60 Å². The molecule has 1 unspecified atom stereocenters. The summed E-state index contributed by atoms with van der Waals surface area (Å²) in [5.41, 5.74) is -0.513. The second kappa shape index (κ2) is 4.14. The molecule has 98 valence electrons.